The van der Waals surface area contributed by atoms with Crippen molar-refractivity contribution in [3.63, 3.8) is 0 Å². The van der Waals surface area contributed by atoms with Gasteiger partial charge in [-0.2, -0.15) is 0 Å². The molecule has 0 saturated carbocycles. The van der Waals surface area contributed by atoms with Gasteiger partial charge in [0, 0.05) is 0 Å². The number of nitrogens with one attached hydrogen (secondary N) is 3. The molecule has 0 spiro atoms. The van der Waals surface area contributed by atoms with Crippen LogP contribution < -0.4 is 38.9 Å². The van der Waals surface area contributed by atoms with Gasteiger partial charge in [-0.1, -0.05) is 0 Å². The maximum absolute atomic E-state index is 12.5. The van der Waals surface area contributed by atoms with E-state index in [0.717, 1.165) is 0 Å². The first-order chi connectivity index (χ1) is 15.1. The van der Waals surface area contributed by atoms with Crippen LogP contribution in [0.3, 0.4) is 0 Å². The van der Waals surface area contributed by atoms with E-state index in [-0.39, 0.29) is 0 Å². The van der Waals surface area contributed by atoms with Crippen molar-refractivity contribution in [2.45, 2.75) is 49.9 Å². The number of rotatable bonds is 15. The summed E-state index contributed by atoms with van der Waals surface area (Å²) >= 11 is 0. The van der Waals surface area contributed by atoms with E-state index in [1.54, 1.807) is 0 Å². The van der Waals surface area contributed by atoms with Crippen molar-refractivity contribution >= 4 is 47.4 Å². The van der Waals surface area contributed by atoms with Crippen LogP contribution in [0.1, 0.15) is 25.7 Å². The van der Waals surface area contributed by atoms with Crippen LogP contribution in [0.25, 0.3) is 0 Å². The van der Waals surface area contributed by atoms with E-state index < -0.39 is 97.2 Å². The summed E-state index contributed by atoms with van der Waals surface area (Å²) in [6.45, 7) is 0. The first-order valence-corrected chi connectivity index (χ1v) is 9.10. The molecule has 0 aromatic heterocycles. The SMILES string of the molecule is NC(=O)CC(NC(=O)C(CC(N)=O)NC(=O)C(CC(N)=O)NC(=O)C(N)CC(=O)O)C(=O)O. The van der Waals surface area contributed by atoms with Crippen molar-refractivity contribution in [1.29, 1.82) is 0 Å². The van der Waals surface area contributed by atoms with E-state index >= 15 is 0 Å². The molecule has 0 radical (unpaired) electrons. The Labute approximate surface area is 185 Å². The van der Waals surface area contributed by atoms with Gasteiger partial charge in [0.25, 0.3) is 0 Å². The third kappa shape index (κ3) is 11.6. The molecular formula is C16H25N7O10. The lowest BCUT2D eigenvalue weighted by Gasteiger charge is -2.24. The number of hydrogen-bond donors (Lipinski definition) is 9. The number of carboxylic acid groups (broad SMARTS) is 2. The molecule has 0 aliphatic rings. The predicted octanol–water partition coefficient (Wildman–Crippen LogP) is -6.05. The molecule has 0 heterocycles. The van der Waals surface area contributed by atoms with Crippen molar-refractivity contribution in [3.05, 3.63) is 0 Å². The second-order valence-corrected chi connectivity index (χ2v) is 6.74. The average Bonchev–Trinajstić information content (AvgIpc) is 2.64. The van der Waals surface area contributed by atoms with Crippen molar-refractivity contribution < 1.29 is 48.6 Å². The Hall–Kier alpha value is -4.28. The number of carbonyl (C=O) groups is 8. The zero-order chi connectivity index (χ0) is 25.9. The number of amides is 6. The lowest BCUT2D eigenvalue weighted by atomic mass is 10.1. The third-order valence-corrected chi connectivity index (χ3v) is 3.83. The number of carbonyl (C=O) groups excluding carboxylic acids is 6. The normalized spacial score (nSPS) is 14.0. The Morgan fingerprint density at radius 3 is 1.24 bits per heavy atom. The maximum Gasteiger partial charge on any atom is 0.326 e. The maximum atomic E-state index is 12.5. The molecule has 4 atom stereocenters. The predicted molar refractivity (Wildman–Crippen MR) is 105 cm³/mol. The van der Waals surface area contributed by atoms with Crippen LogP contribution in [0.2, 0.25) is 0 Å². The van der Waals surface area contributed by atoms with Gasteiger partial charge in [-0.05, 0) is 0 Å². The summed E-state index contributed by atoms with van der Waals surface area (Å²) in [5.41, 5.74) is 20.3. The molecule has 0 aliphatic carbocycles. The highest BCUT2D eigenvalue weighted by Gasteiger charge is 2.32. The molecule has 0 fully saturated rings. The van der Waals surface area contributed by atoms with Crippen molar-refractivity contribution in [3.8, 4) is 0 Å². The van der Waals surface area contributed by atoms with E-state index in [1.165, 1.54) is 0 Å². The number of carboxylic acids is 2. The van der Waals surface area contributed by atoms with Crippen LogP contribution in [-0.2, 0) is 38.4 Å². The van der Waals surface area contributed by atoms with Gasteiger partial charge in [0.2, 0.25) is 35.4 Å². The van der Waals surface area contributed by atoms with Crippen molar-refractivity contribution in [1.82, 2.24) is 16.0 Å². The van der Waals surface area contributed by atoms with Crippen LogP contribution in [0.5, 0.6) is 0 Å². The minimum Gasteiger partial charge on any atom is -0.481 e. The fourth-order valence-corrected chi connectivity index (χ4v) is 2.33. The minimum absolute atomic E-state index is 0.804. The molecule has 4 unspecified atom stereocenters. The summed E-state index contributed by atoms with van der Waals surface area (Å²) in [5, 5.41) is 23.6. The van der Waals surface area contributed by atoms with Crippen molar-refractivity contribution in [2.75, 3.05) is 0 Å². The molecule has 17 nitrogen and oxygen atoms in total. The zero-order valence-electron chi connectivity index (χ0n) is 17.1. The molecule has 0 rings (SSSR count). The summed E-state index contributed by atoms with van der Waals surface area (Å²) < 4.78 is 0. The van der Waals surface area contributed by atoms with Gasteiger partial charge in [-0.25, -0.2) is 4.79 Å². The standard InChI is InChI=1S/C16H25N7O10/c17-5(1-12(27)28)13(29)21-6(2-9(18)24)14(30)22-7(3-10(19)25)15(31)23-8(16(32)33)4-11(20)26/h5-8H,1-4,17H2,(H2,18,24)(H2,19,25)(H2,20,26)(H,21,29)(H,22,30)(H,23,31)(H,27,28)(H,32,33). The van der Waals surface area contributed by atoms with Crippen LogP contribution in [-0.4, -0.2) is 81.8 Å². The number of aliphatic carboxylic acids is 2. The van der Waals surface area contributed by atoms with E-state index in [2.05, 4.69) is 0 Å². The lowest BCUT2D eigenvalue weighted by molar-refractivity contribution is -0.144. The first kappa shape index (κ1) is 28.7. The summed E-state index contributed by atoms with van der Waals surface area (Å²) in [4.78, 5) is 92.3. The minimum atomic E-state index is -1.79. The van der Waals surface area contributed by atoms with Crippen LogP contribution in [0.4, 0.5) is 0 Å². The van der Waals surface area contributed by atoms with E-state index in [9.17, 15) is 38.4 Å². The topological polar surface area (TPSA) is 317 Å². The van der Waals surface area contributed by atoms with Crippen molar-refractivity contribution in [2.24, 2.45) is 22.9 Å². The Kier molecular flexibility index (Phi) is 11.5. The van der Waals surface area contributed by atoms with Crippen LogP contribution in [0.15, 0.2) is 0 Å². The fraction of sp³-hybridized carbons (Fsp3) is 0.500. The molecule has 6 amide bonds. The van der Waals surface area contributed by atoms with E-state index in [1.807, 2.05) is 16.0 Å². The molecule has 17 heteroatoms. The monoisotopic (exact) mass is 475 g/mol. The lowest BCUT2D eigenvalue weighted by Crippen LogP contribution is -2.58. The quantitative estimate of drug-likeness (QED) is 0.107. The summed E-state index contributed by atoms with van der Waals surface area (Å²) in [7, 11) is 0. The van der Waals surface area contributed by atoms with Crippen LogP contribution >= 0.6 is 0 Å². The van der Waals surface area contributed by atoms with Gasteiger partial charge in [-0.3, -0.25) is 33.6 Å². The number of primary amides is 3. The molecular weight excluding hydrogens is 450 g/mol. The summed E-state index contributed by atoms with van der Waals surface area (Å²) in [5.74, 6) is -9.92. The van der Waals surface area contributed by atoms with Gasteiger partial charge in [0.1, 0.15) is 18.1 Å². The zero-order valence-corrected chi connectivity index (χ0v) is 17.1. The van der Waals surface area contributed by atoms with Gasteiger partial charge in [0.05, 0.1) is 31.7 Å². The molecule has 0 saturated heterocycles. The second-order valence-electron chi connectivity index (χ2n) is 6.74. The summed E-state index contributed by atoms with van der Waals surface area (Å²) in [6.07, 6.45) is -3.25. The molecule has 0 aromatic rings. The highest BCUT2D eigenvalue weighted by Crippen LogP contribution is 2.01. The summed E-state index contributed by atoms with van der Waals surface area (Å²) in [6, 6.07) is -6.92. The van der Waals surface area contributed by atoms with Gasteiger partial charge < -0.3 is 49.1 Å². The molecule has 33 heavy (non-hydrogen) atoms. The number of nitrogens with two attached hydrogens (primary N) is 4. The van der Waals surface area contributed by atoms with Gasteiger partial charge >= 0.3 is 11.9 Å². The second kappa shape index (κ2) is 13.2. The molecule has 13 N–H and O–H groups in total. The highest BCUT2D eigenvalue weighted by molar-refractivity contribution is 5.98. The Bertz CT molecular complexity index is 830. The molecule has 0 bridgehead atoms. The average molecular weight is 475 g/mol. The van der Waals surface area contributed by atoms with Gasteiger partial charge in [0.15, 0.2) is 0 Å². The first-order valence-electron chi connectivity index (χ1n) is 9.10. The molecule has 184 valence electrons. The number of hydrogen-bond acceptors (Lipinski definition) is 9. The Morgan fingerprint density at radius 1 is 0.576 bits per heavy atom. The smallest absolute Gasteiger partial charge is 0.326 e. The van der Waals surface area contributed by atoms with E-state index in [4.69, 9.17) is 33.1 Å². The van der Waals surface area contributed by atoms with Gasteiger partial charge in [-0.15, -0.1) is 0 Å². The third-order valence-electron chi connectivity index (χ3n) is 3.83. The van der Waals surface area contributed by atoms with E-state index in [0.29, 0.717) is 0 Å². The largest absolute Gasteiger partial charge is 0.481 e. The Morgan fingerprint density at radius 2 is 0.909 bits per heavy atom. The fourth-order valence-electron chi connectivity index (χ4n) is 2.33. The Balaban J connectivity index is 5.58. The highest BCUT2D eigenvalue weighted by atomic mass is 16.4. The molecule has 0 aromatic carbocycles. The van der Waals surface area contributed by atoms with Crippen LogP contribution in [0, 0.1) is 0 Å². The molecule has 0 aliphatic heterocycles.